The number of aromatic carboxylic acids is 1. The number of thiophene rings is 1. The van der Waals surface area contributed by atoms with Crippen LogP contribution in [0.15, 0.2) is 60.0 Å². The van der Waals surface area contributed by atoms with Crippen molar-refractivity contribution < 1.29 is 19.1 Å². The predicted molar refractivity (Wildman–Crippen MR) is 116 cm³/mol. The van der Waals surface area contributed by atoms with Crippen LogP contribution in [0.5, 0.6) is 0 Å². The maximum absolute atomic E-state index is 14.0. The molecule has 2 heterocycles. The van der Waals surface area contributed by atoms with Gasteiger partial charge in [-0.3, -0.25) is 4.79 Å². The summed E-state index contributed by atoms with van der Waals surface area (Å²) in [4.78, 5) is 28.6. The molecule has 0 atom stereocenters. The van der Waals surface area contributed by atoms with Gasteiger partial charge in [0.25, 0.3) is 5.91 Å². The molecular formula is C22H20FN3O3S. The lowest BCUT2D eigenvalue weighted by atomic mass is 10.1. The van der Waals surface area contributed by atoms with E-state index in [1.807, 2.05) is 15.2 Å². The van der Waals surface area contributed by atoms with E-state index < -0.39 is 5.97 Å². The number of carboxylic acids is 1. The zero-order valence-electron chi connectivity index (χ0n) is 16.0. The first-order valence-electron chi connectivity index (χ1n) is 9.49. The molecule has 0 spiro atoms. The molecule has 1 amide bonds. The largest absolute Gasteiger partial charge is 0.478 e. The smallest absolute Gasteiger partial charge is 0.337 e. The lowest BCUT2D eigenvalue weighted by Gasteiger charge is -2.38. The van der Waals surface area contributed by atoms with E-state index in [4.69, 9.17) is 0 Å². The van der Waals surface area contributed by atoms with Crippen molar-refractivity contribution in [3.63, 3.8) is 0 Å². The van der Waals surface area contributed by atoms with Crippen molar-refractivity contribution in [3.05, 3.63) is 76.2 Å². The number of piperazine rings is 1. The number of hydrogen-bond donors (Lipinski definition) is 2. The number of carboxylic acid groups (broad SMARTS) is 1. The molecule has 1 fully saturated rings. The number of nitrogens with one attached hydrogen (secondary N) is 1. The van der Waals surface area contributed by atoms with Gasteiger partial charge >= 0.3 is 5.97 Å². The van der Waals surface area contributed by atoms with Crippen LogP contribution in [-0.4, -0.2) is 43.2 Å². The molecule has 4 rings (SSSR count). The SMILES string of the molecule is O=C(Nc1ccc(N2CCN(c3ccccc3F)CC2)c(C(=O)O)c1)c1cccs1. The molecule has 0 bridgehead atoms. The summed E-state index contributed by atoms with van der Waals surface area (Å²) in [7, 11) is 0. The Morgan fingerprint density at radius 2 is 1.63 bits per heavy atom. The van der Waals surface area contributed by atoms with Gasteiger partial charge in [0.05, 0.1) is 21.8 Å². The maximum atomic E-state index is 14.0. The number of amides is 1. The van der Waals surface area contributed by atoms with E-state index >= 15 is 0 Å². The van der Waals surface area contributed by atoms with Crippen LogP contribution in [0, 0.1) is 5.82 Å². The fourth-order valence-corrected chi connectivity index (χ4v) is 4.18. The quantitative estimate of drug-likeness (QED) is 0.642. The van der Waals surface area contributed by atoms with Crippen LogP contribution in [0.2, 0.25) is 0 Å². The normalized spacial score (nSPS) is 13.9. The van der Waals surface area contributed by atoms with Crippen molar-refractivity contribution in [2.45, 2.75) is 0 Å². The number of carbonyl (C=O) groups is 2. The van der Waals surface area contributed by atoms with Gasteiger partial charge < -0.3 is 20.2 Å². The summed E-state index contributed by atoms with van der Waals surface area (Å²) in [6, 6.07) is 15.0. The van der Waals surface area contributed by atoms with Crippen LogP contribution in [-0.2, 0) is 0 Å². The van der Waals surface area contributed by atoms with E-state index in [9.17, 15) is 19.1 Å². The van der Waals surface area contributed by atoms with Crippen molar-refractivity contribution >= 4 is 40.3 Å². The Morgan fingerprint density at radius 1 is 0.933 bits per heavy atom. The van der Waals surface area contributed by atoms with Gasteiger partial charge in [0.2, 0.25) is 0 Å². The zero-order valence-corrected chi connectivity index (χ0v) is 16.9. The van der Waals surface area contributed by atoms with Gasteiger partial charge in [-0.2, -0.15) is 0 Å². The number of carbonyl (C=O) groups excluding carboxylic acids is 1. The van der Waals surface area contributed by atoms with Crippen molar-refractivity contribution in [3.8, 4) is 0 Å². The Kier molecular flexibility index (Phi) is 5.67. The first-order valence-corrected chi connectivity index (χ1v) is 10.4. The zero-order chi connectivity index (χ0) is 21.1. The third kappa shape index (κ3) is 4.13. The molecule has 0 aliphatic carbocycles. The molecule has 6 nitrogen and oxygen atoms in total. The van der Waals surface area contributed by atoms with E-state index in [0.29, 0.717) is 48.1 Å². The summed E-state index contributed by atoms with van der Waals surface area (Å²) >= 11 is 1.32. The summed E-state index contributed by atoms with van der Waals surface area (Å²) in [6.45, 7) is 2.29. The van der Waals surface area contributed by atoms with Crippen LogP contribution in [0.1, 0.15) is 20.0 Å². The van der Waals surface area contributed by atoms with Gasteiger partial charge in [0.15, 0.2) is 0 Å². The summed E-state index contributed by atoms with van der Waals surface area (Å²) < 4.78 is 14.0. The van der Waals surface area contributed by atoms with Crippen molar-refractivity contribution in [1.82, 2.24) is 0 Å². The topological polar surface area (TPSA) is 72.9 Å². The second-order valence-electron chi connectivity index (χ2n) is 6.89. The fraction of sp³-hybridized carbons (Fsp3) is 0.182. The van der Waals surface area contributed by atoms with Gasteiger partial charge in [0.1, 0.15) is 5.82 Å². The lowest BCUT2D eigenvalue weighted by Crippen LogP contribution is -2.47. The predicted octanol–water partition coefficient (Wildman–Crippen LogP) is 4.16. The van der Waals surface area contributed by atoms with Crippen molar-refractivity contribution in [2.24, 2.45) is 0 Å². The molecule has 8 heteroatoms. The van der Waals surface area contributed by atoms with E-state index in [-0.39, 0.29) is 17.3 Å². The van der Waals surface area contributed by atoms with Gasteiger partial charge in [-0.05, 0) is 41.8 Å². The number of benzene rings is 2. The third-order valence-corrected chi connectivity index (χ3v) is 5.91. The maximum Gasteiger partial charge on any atom is 0.337 e. The molecule has 0 radical (unpaired) electrons. The highest BCUT2D eigenvalue weighted by Gasteiger charge is 2.23. The Bertz CT molecular complexity index is 1060. The van der Waals surface area contributed by atoms with Crippen molar-refractivity contribution in [1.29, 1.82) is 0 Å². The monoisotopic (exact) mass is 425 g/mol. The Morgan fingerprint density at radius 3 is 2.27 bits per heavy atom. The number of para-hydroxylation sites is 1. The van der Waals surface area contributed by atoms with Gasteiger partial charge in [0, 0.05) is 31.9 Å². The minimum atomic E-state index is -1.06. The second kappa shape index (κ2) is 8.54. The highest BCUT2D eigenvalue weighted by molar-refractivity contribution is 7.12. The minimum absolute atomic E-state index is 0.123. The lowest BCUT2D eigenvalue weighted by molar-refractivity contribution is 0.0697. The number of hydrogen-bond acceptors (Lipinski definition) is 5. The fourth-order valence-electron chi connectivity index (χ4n) is 3.56. The van der Waals surface area contributed by atoms with Gasteiger partial charge in [-0.25, -0.2) is 9.18 Å². The second-order valence-corrected chi connectivity index (χ2v) is 7.84. The van der Waals surface area contributed by atoms with Gasteiger partial charge in [-0.15, -0.1) is 11.3 Å². The molecule has 0 saturated carbocycles. The summed E-state index contributed by atoms with van der Waals surface area (Å²) in [6.07, 6.45) is 0. The molecule has 1 aliphatic heterocycles. The molecule has 1 aromatic heterocycles. The standard InChI is InChI=1S/C22H20FN3O3S/c23-17-4-1-2-5-19(17)26-11-9-25(10-12-26)18-8-7-15(14-16(18)22(28)29)24-21(27)20-6-3-13-30-20/h1-8,13-14H,9-12H2,(H,24,27)(H,28,29). The highest BCUT2D eigenvalue weighted by atomic mass is 32.1. The van der Waals surface area contributed by atoms with E-state index in [1.54, 1.807) is 42.5 Å². The molecule has 154 valence electrons. The van der Waals surface area contributed by atoms with E-state index in [1.165, 1.54) is 23.5 Å². The minimum Gasteiger partial charge on any atom is -0.478 e. The molecule has 2 N–H and O–H groups in total. The third-order valence-electron chi connectivity index (χ3n) is 5.04. The van der Waals surface area contributed by atoms with Gasteiger partial charge in [-0.1, -0.05) is 18.2 Å². The molecule has 2 aromatic carbocycles. The first kappa shape index (κ1) is 19.9. The summed E-state index contributed by atoms with van der Waals surface area (Å²) in [5.41, 5.74) is 1.70. The number of nitrogens with zero attached hydrogens (tertiary/aromatic N) is 2. The molecular weight excluding hydrogens is 405 g/mol. The van der Waals surface area contributed by atoms with Crippen LogP contribution < -0.4 is 15.1 Å². The Balaban J connectivity index is 1.49. The molecule has 3 aromatic rings. The van der Waals surface area contributed by atoms with E-state index in [0.717, 1.165) is 0 Å². The van der Waals surface area contributed by atoms with Crippen LogP contribution >= 0.6 is 11.3 Å². The average Bonchev–Trinajstić information content (AvgIpc) is 3.29. The van der Waals surface area contributed by atoms with E-state index in [2.05, 4.69) is 5.32 Å². The molecule has 1 saturated heterocycles. The Hall–Kier alpha value is -3.39. The average molecular weight is 425 g/mol. The van der Waals surface area contributed by atoms with Crippen LogP contribution in [0.3, 0.4) is 0 Å². The molecule has 30 heavy (non-hydrogen) atoms. The Labute approximate surface area is 177 Å². The summed E-state index contributed by atoms with van der Waals surface area (Å²) in [5, 5.41) is 14.3. The first-order chi connectivity index (χ1) is 14.5. The molecule has 0 unspecified atom stereocenters. The molecule has 1 aliphatic rings. The summed E-state index contributed by atoms with van der Waals surface area (Å²) in [5.74, 6) is -1.59. The highest BCUT2D eigenvalue weighted by Crippen LogP contribution is 2.28. The number of anilines is 3. The van der Waals surface area contributed by atoms with Crippen LogP contribution in [0.25, 0.3) is 0 Å². The number of rotatable bonds is 5. The van der Waals surface area contributed by atoms with Crippen LogP contribution in [0.4, 0.5) is 21.5 Å². The number of halogens is 1. The van der Waals surface area contributed by atoms with Crippen molar-refractivity contribution in [2.75, 3.05) is 41.3 Å².